The average Bonchev–Trinajstić information content (AvgIpc) is 2.78. The summed E-state index contributed by atoms with van der Waals surface area (Å²) in [5, 5.41) is 1.07. The smallest absolute Gasteiger partial charge is 0.187 e. The highest BCUT2D eigenvalue weighted by molar-refractivity contribution is 7.17. The van der Waals surface area contributed by atoms with E-state index < -0.39 is 0 Å². The van der Waals surface area contributed by atoms with Gasteiger partial charge in [-0.2, -0.15) is 0 Å². The van der Waals surface area contributed by atoms with Crippen molar-refractivity contribution in [3.63, 3.8) is 0 Å². The van der Waals surface area contributed by atoms with E-state index in [9.17, 15) is 4.79 Å². The summed E-state index contributed by atoms with van der Waals surface area (Å²) in [4.78, 5) is 17.6. The SMILES string of the molecule is CCN(Cc1ccccc1)c1nc(Cl)c(C=O)s1. The lowest BCUT2D eigenvalue weighted by molar-refractivity contribution is 0.112. The lowest BCUT2D eigenvalue weighted by Crippen LogP contribution is -2.21. The Labute approximate surface area is 115 Å². The van der Waals surface area contributed by atoms with Crippen molar-refractivity contribution in [1.29, 1.82) is 0 Å². The molecule has 1 aromatic carbocycles. The molecule has 18 heavy (non-hydrogen) atoms. The van der Waals surface area contributed by atoms with Gasteiger partial charge >= 0.3 is 0 Å². The van der Waals surface area contributed by atoms with Gasteiger partial charge in [-0.15, -0.1) is 0 Å². The number of carbonyl (C=O) groups excluding carboxylic acids is 1. The van der Waals surface area contributed by atoms with E-state index in [0.717, 1.165) is 24.5 Å². The van der Waals surface area contributed by atoms with Crippen LogP contribution >= 0.6 is 22.9 Å². The van der Waals surface area contributed by atoms with Crippen LogP contribution in [0.3, 0.4) is 0 Å². The molecule has 0 aliphatic heterocycles. The van der Waals surface area contributed by atoms with Crippen molar-refractivity contribution >= 4 is 34.4 Å². The third-order valence-corrected chi connectivity index (χ3v) is 4.02. The molecule has 0 spiro atoms. The topological polar surface area (TPSA) is 33.2 Å². The van der Waals surface area contributed by atoms with Crippen molar-refractivity contribution in [3.05, 3.63) is 45.9 Å². The zero-order chi connectivity index (χ0) is 13.0. The molecule has 3 nitrogen and oxygen atoms in total. The zero-order valence-electron chi connectivity index (χ0n) is 9.97. The molecule has 94 valence electrons. The lowest BCUT2D eigenvalue weighted by Gasteiger charge is -2.19. The Morgan fingerprint density at radius 3 is 2.67 bits per heavy atom. The van der Waals surface area contributed by atoms with Gasteiger partial charge in [0, 0.05) is 13.1 Å². The second-order valence-electron chi connectivity index (χ2n) is 3.77. The Hall–Kier alpha value is -1.39. The van der Waals surface area contributed by atoms with E-state index in [1.165, 1.54) is 16.9 Å². The van der Waals surface area contributed by atoms with Crippen LogP contribution in [0.2, 0.25) is 5.15 Å². The first kappa shape index (κ1) is 13.1. The van der Waals surface area contributed by atoms with Gasteiger partial charge in [-0.05, 0) is 12.5 Å². The molecule has 0 fully saturated rings. The van der Waals surface area contributed by atoms with E-state index in [1.807, 2.05) is 18.2 Å². The van der Waals surface area contributed by atoms with Gasteiger partial charge in [-0.1, -0.05) is 53.3 Å². The summed E-state index contributed by atoms with van der Waals surface area (Å²) in [6.07, 6.45) is 0.750. The molecule has 0 saturated carbocycles. The van der Waals surface area contributed by atoms with Crippen molar-refractivity contribution in [2.75, 3.05) is 11.4 Å². The van der Waals surface area contributed by atoms with E-state index in [1.54, 1.807) is 0 Å². The minimum absolute atomic E-state index is 0.288. The molecule has 0 radical (unpaired) electrons. The Bertz CT molecular complexity index is 527. The van der Waals surface area contributed by atoms with Crippen LogP contribution < -0.4 is 4.90 Å². The molecule has 0 saturated heterocycles. The number of aldehydes is 1. The number of benzene rings is 1. The zero-order valence-corrected chi connectivity index (χ0v) is 11.5. The van der Waals surface area contributed by atoms with Crippen LogP contribution in [-0.2, 0) is 6.54 Å². The van der Waals surface area contributed by atoms with E-state index >= 15 is 0 Å². The molecule has 0 aliphatic rings. The van der Waals surface area contributed by atoms with Crippen LogP contribution in [0, 0.1) is 0 Å². The Balaban J connectivity index is 2.20. The van der Waals surface area contributed by atoms with E-state index in [-0.39, 0.29) is 5.15 Å². The predicted molar refractivity (Wildman–Crippen MR) is 75.7 cm³/mol. The first-order chi connectivity index (χ1) is 8.74. The molecule has 2 aromatic rings. The van der Waals surface area contributed by atoms with E-state index in [2.05, 4.69) is 28.9 Å². The van der Waals surface area contributed by atoms with Gasteiger partial charge in [0.1, 0.15) is 4.88 Å². The summed E-state index contributed by atoms with van der Waals surface area (Å²) in [6.45, 7) is 3.63. The molecule has 2 rings (SSSR count). The number of thiazole rings is 1. The van der Waals surface area contributed by atoms with E-state index in [4.69, 9.17) is 11.6 Å². The monoisotopic (exact) mass is 280 g/mol. The van der Waals surface area contributed by atoms with Gasteiger partial charge in [-0.3, -0.25) is 4.79 Å². The Morgan fingerprint density at radius 2 is 2.11 bits per heavy atom. The molecule has 0 atom stereocenters. The molecular weight excluding hydrogens is 268 g/mol. The molecule has 1 aromatic heterocycles. The maximum Gasteiger partial charge on any atom is 0.187 e. The number of hydrogen-bond donors (Lipinski definition) is 0. The van der Waals surface area contributed by atoms with Crippen molar-refractivity contribution < 1.29 is 4.79 Å². The highest BCUT2D eigenvalue weighted by Gasteiger charge is 2.13. The van der Waals surface area contributed by atoms with Crippen molar-refractivity contribution in [3.8, 4) is 0 Å². The van der Waals surface area contributed by atoms with Crippen LogP contribution in [0.15, 0.2) is 30.3 Å². The quantitative estimate of drug-likeness (QED) is 0.784. The van der Waals surface area contributed by atoms with Gasteiger partial charge < -0.3 is 4.90 Å². The summed E-state index contributed by atoms with van der Waals surface area (Å²) in [7, 11) is 0. The van der Waals surface area contributed by atoms with Crippen molar-refractivity contribution in [2.24, 2.45) is 0 Å². The van der Waals surface area contributed by atoms with Crippen LogP contribution in [0.4, 0.5) is 5.13 Å². The number of anilines is 1. The number of rotatable bonds is 5. The first-order valence-corrected chi connectivity index (χ1v) is 6.84. The molecule has 0 bridgehead atoms. The number of carbonyl (C=O) groups is 1. The standard InChI is InChI=1S/C13H13ClN2OS/c1-2-16(8-10-6-4-3-5-7-10)13-15-12(14)11(9-17)18-13/h3-7,9H,2,8H2,1H3. The van der Waals surface area contributed by atoms with Gasteiger partial charge in [-0.25, -0.2) is 4.98 Å². The second kappa shape index (κ2) is 5.98. The number of nitrogens with zero attached hydrogens (tertiary/aromatic N) is 2. The number of hydrogen-bond acceptors (Lipinski definition) is 4. The maximum absolute atomic E-state index is 10.8. The minimum atomic E-state index is 0.288. The van der Waals surface area contributed by atoms with Gasteiger partial charge in [0.2, 0.25) is 0 Å². The largest absolute Gasteiger partial charge is 0.344 e. The van der Waals surface area contributed by atoms with E-state index in [0.29, 0.717) is 4.88 Å². The lowest BCUT2D eigenvalue weighted by atomic mass is 10.2. The van der Waals surface area contributed by atoms with Crippen LogP contribution in [-0.4, -0.2) is 17.8 Å². The van der Waals surface area contributed by atoms with Crippen molar-refractivity contribution in [1.82, 2.24) is 4.98 Å². The molecule has 0 unspecified atom stereocenters. The van der Waals surface area contributed by atoms with Crippen LogP contribution in [0.1, 0.15) is 22.2 Å². The second-order valence-corrected chi connectivity index (χ2v) is 5.14. The average molecular weight is 281 g/mol. The molecular formula is C13H13ClN2OS. The predicted octanol–water partition coefficient (Wildman–Crippen LogP) is 3.64. The highest BCUT2D eigenvalue weighted by Crippen LogP contribution is 2.29. The summed E-state index contributed by atoms with van der Waals surface area (Å²) >= 11 is 7.22. The normalized spacial score (nSPS) is 10.3. The van der Waals surface area contributed by atoms with Gasteiger partial charge in [0.25, 0.3) is 0 Å². The molecule has 1 heterocycles. The Kier molecular flexibility index (Phi) is 4.33. The van der Waals surface area contributed by atoms with Gasteiger partial charge in [0.05, 0.1) is 0 Å². The van der Waals surface area contributed by atoms with Crippen molar-refractivity contribution in [2.45, 2.75) is 13.5 Å². The van der Waals surface area contributed by atoms with Crippen LogP contribution in [0.5, 0.6) is 0 Å². The third-order valence-electron chi connectivity index (χ3n) is 2.57. The minimum Gasteiger partial charge on any atom is -0.344 e. The summed E-state index contributed by atoms with van der Waals surface area (Å²) in [5.41, 5.74) is 1.21. The third kappa shape index (κ3) is 2.89. The summed E-state index contributed by atoms with van der Waals surface area (Å²) in [5.74, 6) is 0. The molecule has 0 aliphatic carbocycles. The molecule has 5 heteroatoms. The molecule has 0 N–H and O–H groups in total. The Morgan fingerprint density at radius 1 is 1.39 bits per heavy atom. The number of aromatic nitrogens is 1. The van der Waals surface area contributed by atoms with Gasteiger partial charge in [0.15, 0.2) is 16.6 Å². The maximum atomic E-state index is 10.8. The number of halogens is 1. The first-order valence-electron chi connectivity index (χ1n) is 5.65. The fourth-order valence-electron chi connectivity index (χ4n) is 1.63. The highest BCUT2D eigenvalue weighted by atomic mass is 35.5. The summed E-state index contributed by atoms with van der Waals surface area (Å²) < 4.78 is 0. The summed E-state index contributed by atoms with van der Waals surface area (Å²) in [6, 6.07) is 10.1. The fraction of sp³-hybridized carbons (Fsp3) is 0.231. The van der Waals surface area contributed by atoms with Crippen LogP contribution in [0.25, 0.3) is 0 Å². The fourth-order valence-corrected chi connectivity index (χ4v) is 2.75. The molecule has 0 amide bonds.